The lowest BCUT2D eigenvalue weighted by Crippen LogP contribution is -2.39. The van der Waals surface area contributed by atoms with E-state index in [1.54, 1.807) is 0 Å². The minimum absolute atomic E-state index is 0. The summed E-state index contributed by atoms with van der Waals surface area (Å²) in [6.07, 6.45) is 4.71. The predicted molar refractivity (Wildman–Crippen MR) is 93.2 cm³/mol. The van der Waals surface area contributed by atoms with Gasteiger partial charge in [-0.2, -0.15) is 11.8 Å². The molecule has 1 aliphatic rings. The smallest absolute Gasteiger partial charge is 0.251 e. The van der Waals surface area contributed by atoms with Crippen molar-refractivity contribution in [1.29, 1.82) is 0 Å². The number of hydrogen-bond donors (Lipinski definition) is 2. The first kappa shape index (κ1) is 18.3. The molecular weight excluding hydrogens is 304 g/mol. The van der Waals surface area contributed by atoms with Crippen molar-refractivity contribution >= 4 is 30.1 Å². The molecule has 0 radical (unpaired) electrons. The molecule has 0 saturated heterocycles. The molecule has 0 aliphatic heterocycles. The van der Waals surface area contributed by atoms with Crippen molar-refractivity contribution in [3.8, 4) is 0 Å². The Morgan fingerprint density at radius 3 is 2.67 bits per heavy atom. The summed E-state index contributed by atoms with van der Waals surface area (Å²) in [5.74, 6) is 1.20. The van der Waals surface area contributed by atoms with Crippen LogP contribution in [0.3, 0.4) is 0 Å². The molecule has 5 heteroatoms. The van der Waals surface area contributed by atoms with Crippen molar-refractivity contribution in [2.45, 2.75) is 50.4 Å². The topological polar surface area (TPSA) is 55.1 Å². The highest BCUT2D eigenvalue weighted by atomic mass is 35.5. The highest BCUT2D eigenvalue weighted by molar-refractivity contribution is 7.99. The number of nitrogens with one attached hydrogen (secondary N) is 1. The van der Waals surface area contributed by atoms with Gasteiger partial charge in [0.1, 0.15) is 0 Å². The van der Waals surface area contributed by atoms with Crippen LogP contribution < -0.4 is 11.1 Å². The predicted octanol–water partition coefficient (Wildman–Crippen LogP) is 3.36. The normalized spacial score (nSPS) is 21.4. The van der Waals surface area contributed by atoms with Gasteiger partial charge in [-0.3, -0.25) is 4.79 Å². The van der Waals surface area contributed by atoms with Gasteiger partial charge in [0.05, 0.1) is 0 Å². The van der Waals surface area contributed by atoms with Gasteiger partial charge in [0.15, 0.2) is 0 Å². The molecule has 3 nitrogen and oxygen atoms in total. The summed E-state index contributed by atoms with van der Waals surface area (Å²) in [4.78, 5) is 12.2. The third kappa shape index (κ3) is 5.53. The molecule has 21 heavy (non-hydrogen) atoms. The average molecular weight is 329 g/mol. The Hall–Kier alpha value is -0.710. The number of thioether (sulfide) groups is 1. The van der Waals surface area contributed by atoms with Crippen LogP contribution in [0.2, 0.25) is 0 Å². The Bertz CT molecular complexity index is 436. The summed E-state index contributed by atoms with van der Waals surface area (Å²) in [5.41, 5.74) is 7.35. The maximum atomic E-state index is 12.2. The zero-order chi connectivity index (χ0) is 14.4. The number of nitrogens with two attached hydrogens (primary N) is 1. The van der Waals surface area contributed by atoms with Crippen LogP contribution in [0.25, 0.3) is 0 Å². The highest BCUT2D eigenvalue weighted by Crippen LogP contribution is 2.28. The van der Waals surface area contributed by atoms with Gasteiger partial charge in [0.2, 0.25) is 0 Å². The van der Waals surface area contributed by atoms with Crippen LogP contribution in [0.15, 0.2) is 24.3 Å². The first-order chi connectivity index (χ1) is 9.72. The number of rotatable bonds is 5. The molecule has 1 amide bonds. The molecule has 2 rings (SSSR count). The van der Waals surface area contributed by atoms with Gasteiger partial charge in [0.25, 0.3) is 5.91 Å². The van der Waals surface area contributed by atoms with Crippen LogP contribution in [-0.2, 0) is 6.54 Å². The van der Waals surface area contributed by atoms with Crippen molar-refractivity contribution < 1.29 is 4.79 Å². The van der Waals surface area contributed by atoms with E-state index in [1.165, 1.54) is 12.8 Å². The summed E-state index contributed by atoms with van der Waals surface area (Å²) in [6, 6.07) is 7.89. The first-order valence-corrected chi connectivity index (χ1v) is 8.49. The van der Waals surface area contributed by atoms with Crippen molar-refractivity contribution in [3.05, 3.63) is 35.4 Å². The maximum absolute atomic E-state index is 12.2. The number of hydrogen-bond acceptors (Lipinski definition) is 3. The molecule has 0 bridgehead atoms. The molecule has 1 aromatic rings. The van der Waals surface area contributed by atoms with Gasteiger partial charge >= 0.3 is 0 Å². The Morgan fingerprint density at radius 1 is 1.33 bits per heavy atom. The highest BCUT2D eigenvalue weighted by Gasteiger charge is 2.23. The van der Waals surface area contributed by atoms with E-state index >= 15 is 0 Å². The van der Waals surface area contributed by atoms with E-state index < -0.39 is 0 Å². The average Bonchev–Trinajstić information content (AvgIpc) is 2.48. The molecule has 1 aromatic carbocycles. The molecule has 3 N–H and O–H groups in total. The number of amides is 1. The van der Waals surface area contributed by atoms with E-state index in [0.29, 0.717) is 17.8 Å². The van der Waals surface area contributed by atoms with Crippen LogP contribution in [0.4, 0.5) is 0 Å². The van der Waals surface area contributed by atoms with Crippen LogP contribution in [0, 0.1) is 0 Å². The van der Waals surface area contributed by atoms with Gasteiger partial charge < -0.3 is 11.1 Å². The largest absolute Gasteiger partial charge is 0.349 e. The Kier molecular flexibility index (Phi) is 8.15. The summed E-state index contributed by atoms with van der Waals surface area (Å²) in [5, 5.41) is 3.88. The third-order valence-electron chi connectivity index (χ3n) is 3.82. The summed E-state index contributed by atoms with van der Waals surface area (Å²) in [7, 11) is 0. The van der Waals surface area contributed by atoms with E-state index in [9.17, 15) is 4.79 Å². The third-order valence-corrected chi connectivity index (χ3v) is 5.05. The summed E-state index contributed by atoms with van der Waals surface area (Å²) >= 11 is 2.02. The molecule has 1 aliphatic carbocycles. The zero-order valence-electron chi connectivity index (χ0n) is 12.5. The van der Waals surface area contributed by atoms with Crippen LogP contribution in [0.1, 0.15) is 48.5 Å². The molecule has 0 spiro atoms. The fourth-order valence-electron chi connectivity index (χ4n) is 2.72. The van der Waals surface area contributed by atoms with Gasteiger partial charge in [-0.25, -0.2) is 0 Å². The maximum Gasteiger partial charge on any atom is 0.251 e. The van der Waals surface area contributed by atoms with Gasteiger partial charge in [-0.1, -0.05) is 25.5 Å². The first-order valence-electron chi connectivity index (χ1n) is 7.44. The second kappa shape index (κ2) is 9.34. The van der Waals surface area contributed by atoms with Crippen molar-refractivity contribution in [2.75, 3.05) is 5.75 Å². The number of carbonyl (C=O) groups is 1. The molecule has 2 unspecified atom stereocenters. The number of halogens is 1. The number of benzene rings is 1. The van der Waals surface area contributed by atoms with Crippen molar-refractivity contribution in [1.82, 2.24) is 5.32 Å². The van der Waals surface area contributed by atoms with E-state index in [2.05, 4.69) is 12.2 Å². The fourth-order valence-corrected chi connectivity index (χ4v) is 3.90. The van der Waals surface area contributed by atoms with Gasteiger partial charge in [-0.05, 0) is 42.7 Å². The fraction of sp³-hybridized carbons (Fsp3) is 0.562. The summed E-state index contributed by atoms with van der Waals surface area (Å²) in [6.45, 7) is 2.71. The lowest BCUT2D eigenvalue weighted by atomic mass is 9.94. The van der Waals surface area contributed by atoms with E-state index in [-0.39, 0.29) is 18.3 Å². The van der Waals surface area contributed by atoms with Crippen LogP contribution in [-0.4, -0.2) is 23.0 Å². The van der Waals surface area contributed by atoms with Crippen molar-refractivity contribution in [3.63, 3.8) is 0 Å². The Balaban J connectivity index is 0.00000220. The molecule has 1 fully saturated rings. The van der Waals surface area contributed by atoms with Gasteiger partial charge in [0, 0.05) is 23.4 Å². The minimum Gasteiger partial charge on any atom is -0.349 e. The van der Waals surface area contributed by atoms with Gasteiger partial charge in [-0.15, -0.1) is 12.4 Å². The Labute approximate surface area is 137 Å². The Morgan fingerprint density at radius 2 is 2.05 bits per heavy atom. The zero-order valence-corrected chi connectivity index (χ0v) is 14.1. The van der Waals surface area contributed by atoms with Crippen LogP contribution in [0.5, 0.6) is 0 Å². The minimum atomic E-state index is 0. The standard InChI is InChI=1S/C16H24N2OS.ClH/c1-2-20-15-5-3-4-14(10-15)18-16(19)13-8-6-12(11-17)7-9-13;/h6-9,14-15H,2-5,10-11,17H2,1H3,(H,18,19);1H. The van der Waals surface area contributed by atoms with E-state index in [4.69, 9.17) is 5.73 Å². The number of carbonyl (C=O) groups excluding carboxylic acids is 1. The second-order valence-corrected chi connectivity index (χ2v) is 6.89. The molecule has 2 atom stereocenters. The molecule has 0 aromatic heterocycles. The molecule has 118 valence electrons. The van der Waals surface area contributed by atoms with Crippen molar-refractivity contribution in [2.24, 2.45) is 5.73 Å². The molecule has 1 saturated carbocycles. The van der Waals surface area contributed by atoms with Crippen LogP contribution >= 0.6 is 24.2 Å². The van der Waals surface area contributed by atoms with E-state index in [1.807, 2.05) is 36.0 Å². The molecule has 0 heterocycles. The van der Waals surface area contributed by atoms with E-state index in [0.717, 1.165) is 29.7 Å². The lowest BCUT2D eigenvalue weighted by Gasteiger charge is -2.29. The molecular formula is C16H25ClN2OS. The SMILES string of the molecule is CCSC1CCCC(NC(=O)c2ccc(CN)cc2)C1.Cl. The quantitative estimate of drug-likeness (QED) is 0.871. The monoisotopic (exact) mass is 328 g/mol. The lowest BCUT2D eigenvalue weighted by molar-refractivity contribution is 0.0928. The second-order valence-electron chi connectivity index (χ2n) is 5.32. The summed E-state index contributed by atoms with van der Waals surface area (Å²) < 4.78 is 0.